The number of halogens is 3. The number of alkyl halides is 3. The van der Waals surface area contributed by atoms with Crippen LogP contribution in [-0.2, 0) is 13.2 Å². The van der Waals surface area contributed by atoms with E-state index in [0.717, 1.165) is 4.68 Å². The van der Waals surface area contributed by atoms with E-state index in [9.17, 15) is 13.2 Å². The van der Waals surface area contributed by atoms with Gasteiger partial charge in [0.1, 0.15) is 5.69 Å². The number of aryl methyl sites for hydroxylation is 1. The predicted molar refractivity (Wildman–Crippen MR) is 58.1 cm³/mol. The molecule has 1 aromatic heterocycles. The summed E-state index contributed by atoms with van der Waals surface area (Å²) in [4.78, 5) is 0. The van der Waals surface area contributed by atoms with Gasteiger partial charge in [-0.3, -0.25) is 4.68 Å². The van der Waals surface area contributed by atoms with Crippen molar-refractivity contribution in [1.82, 2.24) is 9.78 Å². The summed E-state index contributed by atoms with van der Waals surface area (Å²) in [5.41, 5.74) is 4.98. The van der Waals surface area contributed by atoms with Crippen LogP contribution in [0.25, 0.3) is 11.3 Å². The first-order valence-corrected chi connectivity index (χ1v) is 4.86. The van der Waals surface area contributed by atoms with Gasteiger partial charge >= 0.3 is 6.18 Å². The molecule has 2 aromatic rings. The average Bonchev–Trinajstić information content (AvgIpc) is 2.54. The van der Waals surface area contributed by atoms with Gasteiger partial charge in [-0.05, 0) is 0 Å². The minimum Gasteiger partial charge on any atom is -0.395 e. The van der Waals surface area contributed by atoms with E-state index in [4.69, 9.17) is 5.73 Å². The van der Waals surface area contributed by atoms with E-state index in [1.807, 2.05) is 0 Å². The summed E-state index contributed by atoms with van der Waals surface area (Å²) < 4.78 is 38.9. The quantitative estimate of drug-likeness (QED) is 0.834. The third-order valence-electron chi connectivity index (χ3n) is 2.40. The minimum absolute atomic E-state index is 0.153. The van der Waals surface area contributed by atoms with Crippen LogP contribution in [0.2, 0.25) is 0 Å². The van der Waals surface area contributed by atoms with Crippen molar-refractivity contribution >= 4 is 5.69 Å². The van der Waals surface area contributed by atoms with Crippen molar-refractivity contribution in [3.8, 4) is 11.3 Å². The Morgan fingerprint density at radius 3 is 2.24 bits per heavy atom. The Morgan fingerprint density at radius 1 is 1.18 bits per heavy atom. The van der Waals surface area contributed by atoms with E-state index >= 15 is 0 Å². The first-order chi connectivity index (χ1) is 7.91. The van der Waals surface area contributed by atoms with Crippen molar-refractivity contribution in [3.05, 3.63) is 36.0 Å². The van der Waals surface area contributed by atoms with E-state index < -0.39 is 11.9 Å². The van der Waals surface area contributed by atoms with Gasteiger partial charge in [-0.15, -0.1) is 0 Å². The van der Waals surface area contributed by atoms with Gasteiger partial charge in [0.05, 0.1) is 5.69 Å². The molecule has 6 heteroatoms. The number of nitrogens with two attached hydrogens (primary N) is 1. The number of rotatable bonds is 1. The monoisotopic (exact) mass is 241 g/mol. The van der Waals surface area contributed by atoms with Crippen molar-refractivity contribution in [3.63, 3.8) is 0 Å². The van der Waals surface area contributed by atoms with Gasteiger partial charge in [-0.1, -0.05) is 30.3 Å². The first-order valence-electron chi connectivity index (χ1n) is 4.86. The van der Waals surface area contributed by atoms with Crippen LogP contribution in [-0.4, -0.2) is 9.78 Å². The maximum absolute atomic E-state index is 12.7. The first kappa shape index (κ1) is 11.5. The molecule has 17 heavy (non-hydrogen) atoms. The van der Waals surface area contributed by atoms with E-state index in [1.54, 1.807) is 30.3 Å². The molecule has 0 radical (unpaired) electrons. The molecule has 90 valence electrons. The van der Waals surface area contributed by atoms with Gasteiger partial charge in [0.2, 0.25) is 0 Å². The number of benzene rings is 1. The van der Waals surface area contributed by atoms with Gasteiger partial charge in [0.15, 0.2) is 5.69 Å². The van der Waals surface area contributed by atoms with Crippen LogP contribution in [0.1, 0.15) is 5.69 Å². The molecule has 1 aromatic carbocycles. The molecule has 0 unspecified atom stereocenters. The fraction of sp³-hybridized carbons (Fsp3) is 0.182. The largest absolute Gasteiger partial charge is 0.435 e. The van der Waals surface area contributed by atoms with Gasteiger partial charge in [-0.25, -0.2) is 0 Å². The maximum atomic E-state index is 12.7. The Hall–Kier alpha value is -1.98. The highest BCUT2D eigenvalue weighted by atomic mass is 19.4. The number of aromatic nitrogens is 2. The average molecular weight is 241 g/mol. The van der Waals surface area contributed by atoms with E-state index in [2.05, 4.69) is 5.10 Å². The molecule has 0 saturated carbocycles. The Bertz CT molecular complexity index is 529. The zero-order valence-electron chi connectivity index (χ0n) is 8.99. The topological polar surface area (TPSA) is 43.8 Å². The molecule has 0 fully saturated rings. The molecule has 0 spiro atoms. The van der Waals surface area contributed by atoms with Crippen LogP contribution in [0.5, 0.6) is 0 Å². The summed E-state index contributed by atoms with van der Waals surface area (Å²) in [6.07, 6.45) is -4.50. The summed E-state index contributed by atoms with van der Waals surface area (Å²) in [6.45, 7) is 0. The fourth-order valence-electron chi connectivity index (χ4n) is 1.69. The molecular formula is C11H10F3N3. The molecule has 0 aliphatic rings. The summed E-state index contributed by atoms with van der Waals surface area (Å²) >= 11 is 0. The van der Waals surface area contributed by atoms with Crippen molar-refractivity contribution in [1.29, 1.82) is 0 Å². The van der Waals surface area contributed by atoms with Crippen LogP contribution >= 0.6 is 0 Å². The molecule has 0 aliphatic carbocycles. The zero-order chi connectivity index (χ0) is 12.6. The molecule has 2 rings (SSSR count). The number of nitrogens with zero attached hydrogens (tertiary/aromatic N) is 2. The van der Waals surface area contributed by atoms with Gasteiger partial charge in [-0.2, -0.15) is 18.3 Å². The summed E-state index contributed by atoms with van der Waals surface area (Å²) in [5.74, 6) is 0. The van der Waals surface area contributed by atoms with Crippen molar-refractivity contribution in [2.24, 2.45) is 7.05 Å². The second kappa shape index (κ2) is 3.80. The summed E-state index contributed by atoms with van der Waals surface area (Å²) in [6, 6.07) is 8.54. The molecule has 0 aliphatic heterocycles. The van der Waals surface area contributed by atoms with E-state index in [-0.39, 0.29) is 11.4 Å². The molecule has 0 bridgehead atoms. The number of anilines is 1. The highest BCUT2D eigenvalue weighted by Crippen LogP contribution is 2.37. The molecule has 0 amide bonds. The fourth-order valence-corrected chi connectivity index (χ4v) is 1.69. The van der Waals surface area contributed by atoms with Crippen LogP contribution in [0.4, 0.5) is 18.9 Å². The van der Waals surface area contributed by atoms with Gasteiger partial charge < -0.3 is 5.73 Å². The Kier molecular flexibility index (Phi) is 2.57. The maximum Gasteiger partial charge on any atom is 0.435 e. The summed E-state index contributed by atoms with van der Waals surface area (Å²) in [5, 5.41) is 3.82. The molecule has 3 nitrogen and oxygen atoms in total. The van der Waals surface area contributed by atoms with E-state index in [1.165, 1.54) is 7.05 Å². The SMILES string of the molecule is Cn1nc(-c2ccccc2)c(N)c1C(F)(F)F. The second-order valence-electron chi connectivity index (χ2n) is 3.60. The molecule has 1 heterocycles. The van der Waals surface area contributed by atoms with Crippen LogP contribution in [0, 0.1) is 0 Å². The van der Waals surface area contributed by atoms with Gasteiger partial charge in [0.25, 0.3) is 0 Å². The van der Waals surface area contributed by atoms with Crippen molar-refractivity contribution in [2.75, 3.05) is 5.73 Å². The van der Waals surface area contributed by atoms with Crippen LogP contribution in [0.3, 0.4) is 0 Å². The standard InChI is InChI=1S/C11H10F3N3/c1-17-10(11(12,13)14)8(15)9(16-17)7-5-3-2-4-6-7/h2-6H,15H2,1H3. The molecule has 0 atom stereocenters. The Balaban J connectivity index is 2.60. The van der Waals surface area contributed by atoms with Crippen LogP contribution in [0.15, 0.2) is 30.3 Å². The second-order valence-corrected chi connectivity index (χ2v) is 3.60. The molecule has 0 saturated heterocycles. The summed E-state index contributed by atoms with van der Waals surface area (Å²) in [7, 11) is 1.23. The lowest BCUT2D eigenvalue weighted by Crippen LogP contribution is -2.13. The Morgan fingerprint density at radius 2 is 1.76 bits per heavy atom. The van der Waals surface area contributed by atoms with E-state index in [0.29, 0.717) is 5.56 Å². The van der Waals surface area contributed by atoms with Crippen molar-refractivity contribution < 1.29 is 13.2 Å². The van der Waals surface area contributed by atoms with Crippen LogP contribution < -0.4 is 5.73 Å². The van der Waals surface area contributed by atoms with Gasteiger partial charge in [0, 0.05) is 12.6 Å². The number of nitrogen functional groups attached to an aromatic ring is 1. The highest BCUT2D eigenvalue weighted by Gasteiger charge is 2.38. The minimum atomic E-state index is -4.50. The molecule has 2 N–H and O–H groups in total. The third kappa shape index (κ3) is 1.98. The Labute approximate surface area is 95.7 Å². The normalized spacial score (nSPS) is 11.8. The lowest BCUT2D eigenvalue weighted by atomic mass is 10.1. The molecular weight excluding hydrogens is 231 g/mol. The zero-order valence-corrected chi connectivity index (χ0v) is 8.99. The third-order valence-corrected chi connectivity index (χ3v) is 2.40. The van der Waals surface area contributed by atoms with Crippen molar-refractivity contribution in [2.45, 2.75) is 6.18 Å². The lowest BCUT2D eigenvalue weighted by Gasteiger charge is -2.07. The number of hydrogen-bond acceptors (Lipinski definition) is 2. The smallest absolute Gasteiger partial charge is 0.395 e. The predicted octanol–water partition coefficient (Wildman–Crippen LogP) is 2.69. The number of hydrogen-bond donors (Lipinski definition) is 1. The lowest BCUT2D eigenvalue weighted by molar-refractivity contribution is -0.143. The highest BCUT2D eigenvalue weighted by molar-refractivity contribution is 5.74.